The molecule has 0 unspecified atom stereocenters. The molecule has 2 aromatic rings. The monoisotopic (exact) mass is 356 g/mol. The maximum absolute atomic E-state index is 13.1. The lowest BCUT2D eigenvalue weighted by molar-refractivity contribution is -0.121. The van der Waals surface area contributed by atoms with E-state index in [2.05, 4.69) is 10.6 Å². The van der Waals surface area contributed by atoms with E-state index >= 15 is 0 Å². The number of benzene rings is 2. The first-order valence-electron chi connectivity index (χ1n) is 8.45. The van der Waals surface area contributed by atoms with Crippen LogP contribution in [0, 0.1) is 0 Å². The lowest BCUT2D eigenvalue weighted by atomic mass is 9.78. The molecule has 0 aliphatic heterocycles. The maximum atomic E-state index is 13.1. The molecular weight excluding hydrogens is 336 g/mol. The lowest BCUT2D eigenvalue weighted by Gasteiger charge is -2.28. The summed E-state index contributed by atoms with van der Waals surface area (Å²) in [5.74, 6) is -0.203. The zero-order valence-corrected chi connectivity index (χ0v) is 14.9. The van der Waals surface area contributed by atoms with E-state index in [0.717, 1.165) is 31.2 Å². The summed E-state index contributed by atoms with van der Waals surface area (Å²) in [5.41, 5.74) is 1.61. The Morgan fingerprint density at radius 1 is 1.04 bits per heavy atom. The van der Waals surface area contributed by atoms with Crippen molar-refractivity contribution in [3.8, 4) is 0 Å². The molecule has 2 N–H and O–H groups in total. The number of nitrogens with one attached hydrogen (secondary N) is 2. The molecule has 1 aliphatic carbocycles. The highest BCUT2D eigenvalue weighted by atomic mass is 35.5. The van der Waals surface area contributed by atoms with Gasteiger partial charge in [-0.15, -0.1) is 0 Å². The third-order valence-electron chi connectivity index (χ3n) is 4.90. The van der Waals surface area contributed by atoms with Gasteiger partial charge in [-0.3, -0.25) is 9.59 Å². The Kier molecular flexibility index (Phi) is 5.09. The van der Waals surface area contributed by atoms with Crippen LogP contribution in [-0.2, 0) is 10.2 Å². The van der Waals surface area contributed by atoms with Gasteiger partial charge in [-0.2, -0.15) is 0 Å². The van der Waals surface area contributed by atoms with E-state index in [4.69, 9.17) is 11.6 Å². The van der Waals surface area contributed by atoms with Crippen molar-refractivity contribution in [3.05, 3.63) is 64.7 Å². The number of rotatable bonds is 4. The van der Waals surface area contributed by atoms with E-state index in [-0.39, 0.29) is 11.8 Å². The van der Waals surface area contributed by atoms with Crippen LogP contribution < -0.4 is 10.6 Å². The SMILES string of the molecule is CNC(=O)c1cccc(NC(=O)C2(c3ccc(Cl)cc3)CCCC2)c1. The summed E-state index contributed by atoms with van der Waals surface area (Å²) in [6, 6.07) is 14.5. The second-order valence-corrected chi connectivity index (χ2v) is 6.85. The first kappa shape index (κ1) is 17.5. The summed E-state index contributed by atoms with van der Waals surface area (Å²) in [7, 11) is 1.58. The number of carbonyl (C=O) groups is 2. The van der Waals surface area contributed by atoms with Gasteiger partial charge in [0.25, 0.3) is 5.91 Å². The molecule has 25 heavy (non-hydrogen) atoms. The minimum atomic E-state index is -0.534. The molecular formula is C20H21ClN2O2. The van der Waals surface area contributed by atoms with Crippen LogP contribution in [0.15, 0.2) is 48.5 Å². The Hall–Kier alpha value is -2.33. The van der Waals surface area contributed by atoms with Gasteiger partial charge in [-0.05, 0) is 48.7 Å². The van der Waals surface area contributed by atoms with E-state index in [9.17, 15) is 9.59 Å². The second kappa shape index (κ2) is 7.28. The van der Waals surface area contributed by atoms with Crippen molar-refractivity contribution >= 4 is 29.1 Å². The third kappa shape index (κ3) is 3.54. The number of hydrogen-bond donors (Lipinski definition) is 2. The number of amides is 2. The molecule has 0 aromatic heterocycles. The fraction of sp³-hybridized carbons (Fsp3) is 0.300. The van der Waals surface area contributed by atoms with Gasteiger partial charge >= 0.3 is 0 Å². The highest BCUT2D eigenvalue weighted by molar-refractivity contribution is 6.30. The first-order chi connectivity index (χ1) is 12.0. The van der Waals surface area contributed by atoms with Crippen molar-refractivity contribution in [1.29, 1.82) is 0 Å². The van der Waals surface area contributed by atoms with Crippen LogP contribution in [0.2, 0.25) is 5.02 Å². The van der Waals surface area contributed by atoms with Gasteiger partial charge in [-0.25, -0.2) is 0 Å². The van der Waals surface area contributed by atoms with Crippen LogP contribution in [0.1, 0.15) is 41.6 Å². The average molecular weight is 357 g/mol. The van der Waals surface area contributed by atoms with Crippen molar-refractivity contribution in [2.75, 3.05) is 12.4 Å². The predicted molar refractivity (Wildman–Crippen MR) is 100 cm³/mol. The molecule has 2 aromatic carbocycles. The predicted octanol–water partition coefficient (Wildman–Crippen LogP) is 4.15. The minimum Gasteiger partial charge on any atom is -0.355 e. The summed E-state index contributed by atoms with van der Waals surface area (Å²) in [4.78, 5) is 24.9. The Morgan fingerprint density at radius 3 is 2.36 bits per heavy atom. The molecule has 5 heteroatoms. The summed E-state index contributed by atoms with van der Waals surface area (Å²) in [5, 5.41) is 6.26. The topological polar surface area (TPSA) is 58.2 Å². The van der Waals surface area contributed by atoms with Crippen LogP contribution in [0.25, 0.3) is 0 Å². The lowest BCUT2D eigenvalue weighted by Crippen LogP contribution is -2.38. The molecule has 0 bridgehead atoms. The third-order valence-corrected chi connectivity index (χ3v) is 5.15. The zero-order chi connectivity index (χ0) is 17.9. The second-order valence-electron chi connectivity index (χ2n) is 6.41. The molecule has 0 spiro atoms. The Morgan fingerprint density at radius 2 is 1.72 bits per heavy atom. The van der Waals surface area contributed by atoms with E-state index in [1.54, 1.807) is 31.3 Å². The summed E-state index contributed by atoms with van der Waals surface area (Å²) in [6.07, 6.45) is 3.67. The van der Waals surface area contributed by atoms with Gasteiger partial charge in [-0.1, -0.05) is 42.6 Å². The summed E-state index contributed by atoms with van der Waals surface area (Å²) < 4.78 is 0. The first-order valence-corrected chi connectivity index (χ1v) is 8.83. The van der Waals surface area contributed by atoms with Crippen molar-refractivity contribution in [2.45, 2.75) is 31.1 Å². The van der Waals surface area contributed by atoms with E-state index < -0.39 is 5.41 Å². The zero-order valence-electron chi connectivity index (χ0n) is 14.1. The van der Waals surface area contributed by atoms with Crippen LogP contribution in [0.3, 0.4) is 0 Å². The van der Waals surface area contributed by atoms with Crippen LogP contribution >= 0.6 is 11.6 Å². The summed E-state index contributed by atoms with van der Waals surface area (Å²) in [6.45, 7) is 0. The Labute approximate surface area is 152 Å². The van der Waals surface area contributed by atoms with Crippen molar-refractivity contribution in [2.24, 2.45) is 0 Å². The largest absolute Gasteiger partial charge is 0.355 e. The minimum absolute atomic E-state index is 0.0265. The highest BCUT2D eigenvalue weighted by Crippen LogP contribution is 2.42. The molecule has 0 radical (unpaired) electrons. The van der Waals surface area contributed by atoms with Gasteiger partial charge in [0.1, 0.15) is 0 Å². The van der Waals surface area contributed by atoms with Crippen molar-refractivity contribution in [3.63, 3.8) is 0 Å². The average Bonchev–Trinajstić information content (AvgIpc) is 3.13. The molecule has 0 heterocycles. The van der Waals surface area contributed by atoms with Gasteiger partial charge in [0.2, 0.25) is 5.91 Å². The molecule has 130 valence electrons. The standard InChI is InChI=1S/C20H21ClN2O2/c1-22-18(24)14-5-4-6-17(13-14)23-19(25)20(11-2-3-12-20)15-7-9-16(21)10-8-15/h4-10,13H,2-3,11-12H2,1H3,(H,22,24)(H,23,25). The fourth-order valence-corrected chi connectivity index (χ4v) is 3.65. The number of halogens is 1. The molecule has 1 saturated carbocycles. The smallest absolute Gasteiger partial charge is 0.251 e. The summed E-state index contributed by atoms with van der Waals surface area (Å²) >= 11 is 6.00. The maximum Gasteiger partial charge on any atom is 0.251 e. The van der Waals surface area contributed by atoms with Crippen molar-refractivity contribution in [1.82, 2.24) is 5.32 Å². The van der Waals surface area contributed by atoms with Gasteiger partial charge in [0, 0.05) is 23.3 Å². The normalized spacial score (nSPS) is 15.6. The van der Waals surface area contributed by atoms with Crippen LogP contribution in [-0.4, -0.2) is 18.9 Å². The van der Waals surface area contributed by atoms with E-state index in [1.807, 2.05) is 24.3 Å². The van der Waals surface area contributed by atoms with Crippen LogP contribution in [0.5, 0.6) is 0 Å². The Bertz CT molecular complexity index is 781. The van der Waals surface area contributed by atoms with Crippen molar-refractivity contribution < 1.29 is 9.59 Å². The van der Waals surface area contributed by atoms with Gasteiger partial charge in [0.05, 0.1) is 5.41 Å². The fourth-order valence-electron chi connectivity index (χ4n) is 3.53. The molecule has 0 atom stereocenters. The highest BCUT2D eigenvalue weighted by Gasteiger charge is 2.42. The Balaban J connectivity index is 1.87. The molecule has 4 nitrogen and oxygen atoms in total. The molecule has 1 fully saturated rings. The molecule has 3 rings (SSSR count). The van der Waals surface area contributed by atoms with Crippen LogP contribution in [0.4, 0.5) is 5.69 Å². The van der Waals surface area contributed by atoms with Gasteiger partial charge < -0.3 is 10.6 Å². The molecule has 0 saturated heterocycles. The molecule has 2 amide bonds. The number of anilines is 1. The molecule has 1 aliphatic rings. The van der Waals surface area contributed by atoms with E-state index in [1.165, 1.54) is 0 Å². The quantitative estimate of drug-likeness (QED) is 0.864. The van der Waals surface area contributed by atoms with Gasteiger partial charge in [0.15, 0.2) is 0 Å². The number of carbonyl (C=O) groups excluding carboxylic acids is 2. The van der Waals surface area contributed by atoms with E-state index in [0.29, 0.717) is 16.3 Å². The number of hydrogen-bond acceptors (Lipinski definition) is 2.